The minimum atomic E-state index is -1.33. The smallest absolute Gasteiger partial charge is 0.248 e. The van der Waals surface area contributed by atoms with Crippen LogP contribution in [0.2, 0.25) is 0 Å². The zero-order valence-electron chi connectivity index (χ0n) is 25.9. The lowest BCUT2D eigenvalue weighted by Gasteiger charge is -2.32. The normalized spacial score (nSPS) is 18.9. The zero-order chi connectivity index (χ0) is 33.3. The van der Waals surface area contributed by atoms with Gasteiger partial charge in [0.2, 0.25) is 23.6 Å². The first kappa shape index (κ1) is 35.0. The highest BCUT2D eigenvalue weighted by Crippen LogP contribution is 2.40. The topological polar surface area (TPSA) is 215 Å². The molecule has 0 spiro atoms. The van der Waals surface area contributed by atoms with E-state index in [2.05, 4.69) is 16.0 Å². The first-order chi connectivity index (χ1) is 21.4. The number of ether oxygens (including phenoxy) is 2. The van der Waals surface area contributed by atoms with Gasteiger partial charge in [0.15, 0.2) is 5.78 Å². The van der Waals surface area contributed by atoms with Crippen molar-refractivity contribution in [3.8, 4) is 22.6 Å². The fourth-order valence-corrected chi connectivity index (χ4v) is 4.97. The number of hydrogen-bond donors (Lipinski definition) is 6. The third kappa shape index (κ3) is 8.77. The summed E-state index contributed by atoms with van der Waals surface area (Å²) in [7, 11) is 1.35. The Bertz CT molecular complexity index is 1420. The van der Waals surface area contributed by atoms with E-state index in [4.69, 9.17) is 20.9 Å². The second-order valence-corrected chi connectivity index (χ2v) is 10.8. The fraction of sp³-hybridized carbons (Fsp3) is 0.452. The summed E-state index contributed by atoms with van der Waals surface area (Å²) in [6.45, 7) is 4.15. The molecule has 0 saturated heterocycles. The summed E-state index contributed by atoms with van der Waals surface area (Å²) in [5, 5.41) is 17.6. The number of likely N-dealkylation sites (N-methyl/N-ethyl adjacent to an activating group) is 1. The maximum atomic E-state index is 13.9. The second-order valence-electron chi connectivity index (χ2n) is 10.8. The first-order valence-electron chi connectivity index (χ1n) is 14.6. The summed E-state index contributed by atoms with van der Waals surface area (Å²) in [6.07, 6.45) is 0.163. The molecule has 45 heavy (non-hydrogen) atoms. The predicted octanol–water partition coefficient (Wildman–Crippen LogP) is -0.840. The Kier molecular flexibility index (Phi) is 12.4. The SMILES string of the molecule is CC(=O)N[C@@H](CO)C(=O)N(C)[C@@H]1C(=O)N[C@@H](C)C(=O)N[C@H](C(C)=O)Cc2ccc(OCCN)c(c2)-c2cc1ccc2OCCN. The van der Waals surface area contributed by atoms with Gasteiger partial charge in [-0.3, -0.25) is 24.0 Å². The van der Waals surface area contributed by atoms with Crippen molar-refractivity contribution in [1.29, 1.82) is 0 Å². The number of carbonyl (C=O) groups excluding carboxylic acids is 5. The first-order valence-corrected chi connectivity index (χ1v) is 14.6. The Labute approximate surface area is 261 Å². The largest absolute Gasteiger partial charge is 0.492 e. The summed E-state index contributed by atoms with van der Waals surface area (Å²) in [5.74, 6) is -2.06. The molecule has 0 aromatic heterocycles. The number of hydrogen-bond acceptors (Lipinski definition) is 10. The standard InChI is InChI=1S/C31H42N6O8/c1-17-29(41)36-24(18(2)39)14-20-5-7-26(44-11-9-32)22(13-20)23-15-21(6-8-27(23)45-12-10-33)28(30(42)34-17)37(4)31(43)25(16-38)35-19(3)40/h5-8,13,15,17,24-25,28,38H,9-12,14,16,32-33H2,1-4H3,(H,34,42)(H,35,40)(H,36,41)/t17-,24-,25-,28-/m0/s1. The molecule has 8 N–H and O–H groups in total. The van der Waals surface area contributed by atoms with Crippen molar-refractivity contribution in [2.75, 3.05) is 40.0 Å². The van der Waals surface area contributed by atoms with Gasteiger partial charge in [0.05, 0.1) is 12.6 Å². The van der Waals surface area contributed by atoms with Gasteiger partial charge in [0, 0.05) is 38.2 Å². The van der Waals surface area contributed by atoms with Crippen molar-refractivity contribution < 1.29 is 38.6 Å². The molecule has 0 saturated carbocycles. The molecule has 1 aliphatic heterocycles. The van der Waals surface area contributed by atoms with Crippen LogP contribution in [0.1, 0.15) is 37.9 Å². The third-order valence-corrected chi connectivity index (χ3v) is 7.24. The van der Waals surface area contributed by atoms with E-state index in [0.29, 0.717) is 33.8 Å². The van der Waals surface area contributed by atoms with Gasteiger partial charge >= 0.3 is 0 Å². The number of Topliss-reactive ketones (excluding diaryl/α,β-unsaturated/α-hetero) is 1. The number of carbonyl (C=O) groups is 5. The number of nitrogens with zero attached hydrogens (tertiary/aromatic N) is 1. The number of benzene rings is 2. The molecule has 0 unspecified atom stereocenters. The number of fused-ring (bicyclic) bond motifs is 5. The number of aliphatic hydroxyl groups is 1. The van der Waals surface area contributed by atoms with Crippen molar-refractivity contribution in [3.63, 3.8) is 0 Å². The number of nitrogens with two attached hydrogens (primary N) is 2. The lowest BCUT2D eigenvalue weighted by atomic mass is 9.93. The maximum Gasteiger partial charge on any atom is 0.248 e. The van der Waals surface area contributed by atoms with Crippen molar-refractivity contribution in [1.82, 2.24) is 20.9 Å². The zero-order valence-corrected chi connectivity index (χ0v) is 25.9. The number of nitrogens with one attached hydrogen (secondary N) is 3. The molecule has 1 aliphatic rings. The van der Waals surface area contributed by atoms with E-state index in [1.165, 1.54) is 27.8 Å². The van der Waals surface area contributed by atoms with Crippen molar-refractivity contribution in [2.45, 2.75) is 51.4 Å². The molecule has 0 fully saturated rings. The van der Waals surface area contributed by atoms with Gasteiger partial charge in [-0.25, -0.2) is 0 Å². The monoisotopic (exact) mass is 626 g/mol. The Balaban J connectivity index is 2.31. The number of aliphatic hydroxyl groups excluding tert-OH is 1. The van der Waals surface area contributed by atoms with Crippen molar-refractivity contribution in [3.05, 3.63) is 47.5 Å². The van der Waals surface area contributed by atoms with Crippen LogP contribution in [-0.2, 0) is 30.4 Å². The van der Waals surface area contributed by atoms with E-state index in [0.717, 1.165) is 4.90 Å². The van der Waals surface area contributed by atoms with Gasteiger partial charge in [-0.2, -0.15) is 0 Å². The molecular weight excluding hydrogens is 584 g/mol. The molecule has 244 valence electrons. The van der Waals surface area contributed by atoms with Crippen LogP contribution in [0, 0.1) is 0 Å². The van der Waals surface area contributed by atoms with Crippen LogP contribution in [0.4, 0.5) is 0 Å². The molecule has 0 radical (unpaired) electrons. The third-order valence-electron chi connectivity index (χ3n) is 7.24. The van der Waals surface area contributed by atoms with Crippen molar-refractivity contribution >= 4 is 29.4 Å². The van der Waals surface area contributed by atoms with Gasteiger partial charge in [-0.15, -0.1) is 0 Å². The highest BCUT2D eigenvalue weighted by molar-refractivity contribution is 5.96. The van der Waals surface area contributed by atoms with Crippen LogP contribution in [0.25, 0.3) is 11.1 Å². The molecule has 14 heteroatoms. The molecule has 14 nitrogen and oxygen atoms in total. The van der Waals surface area contributed by atoms with Gasteiger partial charge in [-0.1, -0.05) is 12.1 Å². The van der Waals surface area contributed by atoms with Gasteiger partial charge in [-0.05, 0) is 55.7 Å². The van der Waals surface area contributed by atoms with Gasteiger partial charge < -0.3 is 46.9 Å². The predicted molar refractivity (Wildman–Crippen MR) is 165 cm³/mol. The molecular formula is C31H42N6O8. The van der Waals surface area contributed by atoms with Crippen LogP contribution in [0.5, 0.6) is 11.5 Å². The van der Waals surface area contributed by atoms with E-state index in [-0.39, 0.29) is 38.5 Å². The van der Waals surface area contributed by atoms with E-state index in [1.807, 2.05) is 0 Å². The number of ketones is 1. The highest BCUT2D eigenvalue weighted by Gasteiger charge is 2.35. The Morgan fingerprint density at radius 3 is 2.13 bits per heavy atom. The summed E-state index contributed by atoms with van der Waals surface area (Å²) < 4.78 is 11.9. The summed E-state index contributed by atoms with van der Waals surface area (Å²) in [4.78, 5) is 65.9. The van der Waals surface area contributed by atoms with Crippen LogP contribution in [-0.4, -0.2) is 97.5 Å². The Morgan fingerprint density at radius 2 is 1.58 bits per heavy atom. The maximum absolute atomic E-state index is 13.9. The lowest BCUT2D eigenvalue weighted by molar-refractivity contribution is -0.143. The van der Waals surface area contributed by atoms with Crippen LogP contribution in [0.15, 0.2) is 36.4 Å². The summed E-state index contributed by atoms with van der Waals surface area (Å²) >= 11 is 0. The fourth-order valence-electron chi connectivity index (χ4n) is 4.97. The van der Waals surface area contributed by atoms with Gasteiger partial charge in [0.1, 0.15) is 42.8 Å². The minimum Gasteiger partial charge on any atom is -0.492 e. The molecule has 0 aliphatic carbocycles. The van der Waals surface area contributed by atoms with E-state index < -0.39 is 54.4 Å². The number of rotatable bonds is 11. The minimum absolute atomic E-state index is 0.163. The highest BCUT2D eigenvalue weighted by atomic mass is 16.5. The molecule has 4 bridgehead atoms. The van der Waals surface area contributed by atoms with E-state index >= 15 is 0 Å². The average molecular weight is 627 g/mol. The van der Waals surface area contributed by atoms with E-state index in [1.54, 1.807) is 36.4 Å². The summed E-state index contributed by atoms with van der Waals surface area (Å²) in [6, 6.07) is 5.57. The van der Waals surface area contributed by atoms with E-state index in [9.17, 15) is 29.1 Å². The Morgan fingerprint density at radius 1 is 0.978 bits per heavy atom. The van der Waals surface area contributed by atoms with Crippen molar-refractivity contribution in [2.24, 2.45) is 11.5 Å². The molecule has 4 amide bonds. The molecule has 4 atom stereocenters. The quantitative estimate of drug-likeness (QED) is 0.182. The average Bonchev–Trinajstić information content (AvgIpc) is 3.00. The molecule has 1 heterocycles. The lowest BCUT2D eigenvalue weighted by Crippen LogP contribution is -2.55. The molecule has 3 rings (SSSR count). The number of amides is 4. The summed E-state index contributed by atoms with van der Waals surface area (Å²) in [5.41, 5.74) is 13.5. The Hall–Kier alpha value is -4.53. The second kappa shape index (κ2) is 16.0. The van der Waals surface area contributed by atoms with Crippen LogP contribution in [0.3, 0.4) is 0 Å². The molecule has 2 aromatic carbocycles. The van der Waals surface area contributed by atoms with Gasteiger partial charge in [0.25, 0.3) is 0 Å². The molecule has 2 aromatic rings. The van der Waals surface area contributed by atoms with Crippen LogP contribution < -0.4 is 36.9 Å². The van der Waals surface area contributed by atoms with Crippen LogP contribution >= 0.6 is 0 Å².